The van der Waals surface area contributed by atoms with E-state index in [1.165, 1.54) is 0 Å². The van der Waals surface area contributed by atoms with Crippen LogP contribution in [0.2, 0.25) is 0 Å². The molecule has 180 valence electrons. The van der Waals surface area contributed by atoms with E-state index in [0.717, 1.165) is 22.4 Å². The molecule has 0 aliphatic heterocycles. The Labute approximate surface area is 209 Å². The van der Waals surface area contributed by atoms with Gasteiger partial charge in [0.05, 0.1) is 5.69 Å². The Bertz CT molecular complexity index is 1530. The number of anilines is 1. The summed E-state index contributed by atoms with van der Waals surface area (Å²) in [5.74, 6) is 1.37. The molecular formula is C28H26N6O2. The lowest BCUT2D eigenvalue weighted by Crippen LogP contribution is -2.20. The number of rotatable bonds is 7. The summed E-state index contributed by atoms with van der Waals surface area (Å²) in [7, 11) is 0. The van der Waals surface area contributed by atoms with Gasteiger partial charge in [0.1, 0.15) is 11.4 Å². The molecule has 0 spiro atoms. The fraction of sp³-hybridized carbons (Fsp3) is 0.179. The Kier molecular flexibility index (Phi) is 6.40. The van der Waals surface area contributed by atoms with Crippen LogP contribution >= 0.6 is 0 Å². The molecule has 3 heterocycles. The second-order valence-corrected chi connectivity index (χ2v) is 8.84. The van der Waals surface area contributed by atoms with E-state index < -0.39 is 0 Å². The van der Waals surface area contributed by atoms with Gasteiger partial charge in [-0.25, -0.2) is 0 Å². The van der Waals surface area contributed by atoms with Crippen molar-refractivity contribution in [3.63, 3.8) is 0 Å². The van der Waals surface area contributed by atoms with E-state index in [1.807, 2.05) is 67.6 Å². The average Bonchev–Trinajstić information content (AvgIpc) is 3.31. The maximum absolute atomic E-state index is 12.7. The van der Waals surface area contributed by atoms with Gasteiger partial charge in [-0.15, -0.1) is 10.2 Å². The highest BCUT2D eigenvalue weighted by atomic mass is 16.5. The van der Waals surface area contributed by atoms with Gasteiger partial charge in [0.15, 0.2) is 12.3 Å². The number of ether oxygens (including phenoxy) is 1. The van der Waals surface area contributed by atoms with E-state index in [0.29, 0.717) is 34.5 Å². The monoisotopic (exact) mass is 478 g/mol. The molecule has 0 fully saturated rings. The molecule has 5 rings (SSSR count). The number of carbonyl (C=O) groups is 1. The molecule has 1 N–H and O–H groups in total. The van der Waals surface area contributed by atoms with E-state index in [2.05, 4.69) is 46.5 Å². The molecular weight excluding hydrogens is 452 g/mol. The van der Waals surface area contributed by atoms with Gasteiger partial charge >= 0.3 is 0 Å². The smallest absolute Gasteiger partial charge is 0.262 e. The second kappa shape index (κ2) is 9.95. The van der Waals surface area contributed by atoms with Crippen LogP contribution < -0.4 is 10.1 Å². The molecule has 5 aromatic rings. The zero-order valence-electron chi connectivity index (χ0n) is 20.3. The maximum Gasteiger partial charge on any atom is 0.262 e. The predicted molar refractivity (Wildman–Crippen MR) is 139 cm³/mol. The van der Waals surface area contributed by atoms with Crippen LogP contribution in [-0.4, -0.2) is 37.3 Å². The number of aromatic nitrogens is 5. The predicted octanol–water partition coefficient (Wildman–Crippen LogP) is 5.30. The van der Waals surface area contributed by atoms with Crippen molar-refractivity contribution in [3.8, 4) is 28.5 Å². The summed E-state index contributed by atoms with van der Waals surface area (Å²) >= 11 is 0. The summed E-state index contributed by atoms with van der Waals surface area (Å²) in [6.07, 6.45) is 1.71. The topological polar surface area (TPSA) is 94.3 Å². The highest BCUT2D eigenvalue weighted by Gasteiger charge is 2.13. The number of hydrogen-bond acceptors (Lipinski definition) is 6. The van der Waals surface area contributed by atoms with Gasteiger partial charge < -0.3 is 10.1 Å². The van der Waals surface area contributed by atoms with E-state index in [-0.39, 0.29) is 12.5 Å². The number of benzene rings is 2. The lowest BCUT2D eigenvalue weighted by Gasteiger charge is -2.15. The van der Waals surface area contributed by atoms with Gasteiger partial charge in [-0.05, 0) is 66.4 Å². The fourth-order valence-corrected chi connectivity index (χ4v) is 3.94. The van der Waals surface area contributed by atoms with Crippen LogP contribution in [0.4, 0.5) is 5.69 Å². The third-order valence-electron chi connectivity index (χ3n) is 5.75. The van der Waals surface area contributed by atoms with Crippen molar-refractivity contribution in [3.05, 3.63) is 90.1 Å². The third-order valence-corrected chi connectivity index (χ3v) is 5.75. The zero-order chi connectivity index (χ0) is 25.1. The molecule has 0 saturated heterocycles. The first-order valence-electron chi connectivity index (χ1n) is 11.8. The molecule has 0 unspecified atom stereocenters. The van der Waals surface area contributed by atoms with Gasteiger partial charge in [-0.3, -0.25) is 9.78 Å². The van der Waals surface area contributed by atoms with Crippen LogP contribution in [-0.2, 0) is 4.79 Å². The first-order chi connectivity index (χ1) is 17.5. The van der Waals surface area contributed by atoms with Crippen molar-refractivity contribution in [2.75, 3.05) is 11.9 Å². The van der Waals surface area contributed by atoms with E-state index in [1.54, 1.807) is 10.7 Å². The summed E-state index contributed by atoms with van der Waals surface area (Å²) in [6, 6.07) is 22.9. The molecule has 8 heteroatoms. The Morgan fingerprint density at radius 2 is 1.86 bits per heavy atom. The second-order valence-electron chi connectivity index (χ2n) is 8.84. The van der Waals surface area contributed by atoms with Crippen LogP contribution in [0, 0.1) is 6.92 Å². The average molecular weight is 479 g/mol. The number of carbonyl (C=O) groups excluding carboxylic acids is 1. The van der Waals surface area contributed by atoms with Crippen molar-refractivity contribution in [1.29, 1.82) is 0 Å². The van der Waals surface area contributed by atoms with Crippen LogP contribution in [0.1, 0.15) is 30.9 Å². The van der Waals surface area contributed by atoms with E-state index in [9.17, 15) is 4.79 Å². The minimum atomic E-state index is -0.233. The van der Waals surface area contributed by atoms with Gasteiger partial charge in [0.25, 0.3) is 5.91 Å². The Balaban J connectivity index is 1.33. The molecule has 0 aliphatic rings. The summed E-state index contributed by atoms with van der Waals surface area (Å²) in [5.41, 5.74) is 5.69. The number of pyridine rings is 1. The number of aryl methyl sites for hydroxylation is 1. The summed E-state index contributed by atoms with van der Waals surface area (Å²) in [4.78, 5) is 17.0. The zero-order valence-corrected chi connectivity index (χ0v) is 20.3. The standard InChI is InChI=1S/C28H26N6O2/c1-18(2)22-11-10-19(3)15-25(22)36-17-27(35)30-21-8-6-7-20(16-21)23-12-13-26-31-32-28(34(26)33-23)24-9-4-5-14-29-24/h4-16,18H,17H2,1-3H3,(H,30,35). The number of fused-ring (bicyclic) bond motifs is 1. The number of amides is 1. The van der Waals surface area contributed by atoms with Crippen molar-refractivity contribution in [1.82, 2.24) is 24.8 Å². The lowest BCUT2D eigenvalue weighted by molar-refractivity contribution is -0.118. The third kappa shape index (κ3) is 4.93. The van der Waals surface area contributed by atoms with Crippen molar-refractivity contribution < 1.29 is 9.53 Å². The van der Waals surface area contributed by atoms with Gasteiger partial charge in [0.2, 0.25) is 5.82 Å². The first-order valence-corrected chi connectivity index (χ1v) is 11.8. The van der Waals surface area contributed by atoms with Crippen LogP contribution in [0.5, 0.6) is 5.75 Å². The van der Waals surface area contributed by atoms with E-state index >= 15 is 0 Å². The Hall–Kier alpha value is -4.59. The summed E-state index contributed by atoms with van der Waals surface area (Å²) in [6.45, 7) is 6.14. The number of nitrogens with zero attached hydrogens (tertiary/aromatic N) is 5. The molecule has 1 amide bonds. The molecule has 36 heavy (non-hydrogen) atoms. The van der Waals surface area contributed by atoms with Crippen molar-refractivity contribution >= 4 is 17.2 Å². The molecule has 0 radical (unpaired) electrons. The van der Waals surface area contributed by atoms with Gasteiger partial charge in [0, 0.05) is 17.4 Å². The molecule has 0 saturated carbocycles. The van der Waals surface area contributed by atoms with Crippen LogP contribution in [0.15, 0.2) is 79.0 Å². The normalized spacial score (nSPS) is 11.1. The first kappa shape index (κ1) is 23.2. The molecule has 0 atom stereocenters. The fourth-order valence-electron chi connectivity index (χ4n) is 3.94. The maximum atomic E-state index is 12.7. The SMILES string of the molecule is Cc1ccc(C(C)C)c(OCC(=O)Nc2cccc(-c3ccc4nnc(-c5ccccn5)n4n3)c2)c1. The van der Waals surface area contributed by atoms with Crippen molar-refractivity contribution in [2.45, 2.75) is 26.7 Å². The highest BCUT2D eigenvalue weighted by molar-refractivity contribution is 5.92. The van der Waals surface area contributed by atoms with Gasteiger partial charge in [-0.1, -0.05) is 44.2 Å². The minimum absolute atomic E-state index is 0.0776. The van der Waals surface area contributed by atoms with Crippen LogP contribution in [0.3, 0.4) is 0 Å². The molecule has 8 nitrogen and oxygen atoms in total. The number of hydrogen-bond donors (Lipinski definition) is 1. The summed E-state index contributed by atoms with van der Waals surface area (Å²) in [5, 5.41) is 16.1. The lowest BCUT2D eigenvalue weighted by atomic mass is 10.0. The molecule has 0 bridgehead atoms. The Morgan fingerprint density at radius 3 is 2.67 bits per heavy atom. The minimum Gasteiger partial charge on any atom is -0.483 e. The summed E-state index contributed by atoms with van der Waals surface area (Å²) < 4.78 is 7.55. The van der Waals surface area contributed by atoms with Crippen molar-refractivity contribution in [2.24, 2.45) is 0 Å². The van der Waals surface area contributed by atoms with E-state index in [4.69, 9.17) is 9.84 Å². The Morgan fingerprint density at radius 1 is 0.972 bits per heavy atom. The largest absolute Gasteiger partial charge is 0.483 e. The molecule has 2 aromatic carbocycles. The quantitative estimate of drug-likeness (QED) is 0.341. The number of nitrogens with one attached hydrogen (secondary N) is 1. The highest BCUT2D eigenvalue weighted by Crippen LogP contribution is 2.28. The molecule has 0 aliphatic carbocycles. The van der Waals surface area contributed by atoms with Crippen LogP contribution in [0.25, 0.3) is 28.4 Å². The van der Waals surface area contributed by atoms with Gasteiger partial charge in [-0.2, -0.15) is 9.61 Å². The molecule has 3 aromatic heterocycles.